The maximum absolute atomic E-state index is 12.2. The maximum atomic E-state index is 12.2. The minimum atomic E-state index is -0.894. The van der Waals surface area contributed by atoms with E-state index in [0.717, 1.165) is 72.6 Å². The molecule has 2 saturated heterocycles. The number of nitrogens with one attached hydrogen (secondary N) is 1. The van der Waals surface area contributed by atoms with Crippen LogP contribution in [0.3, 0.4) is 0 Å². The summed E-state index contributed by atoms with van der Waals surface area (Å²) in [5.74, 6) is -0.933. The van der Waals surface area contributed by atoms with Crippen molar-refractivity contribution >= 4 is 11.9 Å². The largest absolute Gasteiger partial charge is 0.481 e. The number of carbonyl (C=O) groups is 2. The molecule has 9 heteroatoms. The van der Waals surface area contributed by atoms with E-state index >= 15 is 0 Å². The second-order valence-corrected chi connectivity index (χ2v) is 13.7. The monoisotopic (exact) mass is 691 g/mol. The lowest BCUT2D eigenvalue weighted by molar-refractivity contribution is -0.276. The highest BCUT2D eigenvalue weighted by Crippen LogP contribution is 2.42. The van der Waals surface area contributed by atoms with E-state index < -0.39 is 12.3 Å². The number of carbonyl (C=O) groups excluding carboxylic acids is 1. The molecule has 6 rings (SSSR count). The molecule has 0 spiro atoms. The van der Waals surface area contributed by atoms with Crippen molar-refractivity contribution in [2.45, 2.75) is 64.4 Å². The van der Waals surface area contributed by atoms with Crippen LogP contribution in [0, 0.1) is 5.92 Å². The molecular formula is C42H49N3O6. The van der Waals surface area contributed by atoms with Crippen molar-refractivity contribution in [3.63, 3.8) is 0 Å². The molecule has 4 aromatic rings. The van der Waals surface area contributed by atoms with Gasteiger partial charge in [0.15, 0.2) is 6.29 Å². The van der Waals surface area contributed by atoms with Gasteiger partial charge in [-0.15, -0.1) is 0 Å². The number of aliphatic hydroxyl groups is 1. The van der Waals surface area contributed by atoms with Gasteiger partial charge in [0.05, 0.1) is 18.8 Å². The summed E-state index contributed by atoms with van der Waals surface area (Å²) in [7, 11) is 0. The molecule has 2 heterocycles. The van der Waals surface area contributed by atoms with Gasteiger partial charge in [-0.1, -0.05) is 104 Å². The summed E-state index contributed by atoms with van der Waals surface area (Å²) < 4.78 is 13.5. The van der Waals surface area contributed by atoms with Gasteiger partial charge in [-0.25, -0.2) is 0 Å². The van der Waals surface area contributed by atoms with Crippen LogP contribution in [-0.2, 0) is 38.8 Å². The van der Waals surface area contributed by atoms with Crippen LogP contribution in [0.2, 0.25) is 0 Å². The van der Waals surface area contributed by atoms with Crippen LogP contribution in [0.15, 0.2) is 103 Å². The smallest absolute Gasteiger partial charge is 0.303 e. The summed E-state index contributed by atoms with van der Waals surface area (Å²) in [6, 6.07) is 35.0. The first-order valence-electron chi connectivity index (χ1n) is 18.0. The number of hydrogen-bond donors (Lipinski definition) is 3. The molecule has 4 atom stereocenters. The Bertz CT molecular complexity index is 1710. The van der Waals surface area contributed by atoms with E-state index in [4.69, 9.17) is 14.6 Å². The highest BCUT2D eigenvalue weighted by atomic mass is 16.7. The van der Waals surface area contributed by atoms with Crippen LogP contribution < -0.4 is 5.32 Å². The van der Waals surface area contributed by atoms with E-state index in [-0.39, 0.29) is 43.5 Å². The summed E-state index contributed by atoms with van der Waals surface area (Å²) >= 11 is 0. The van der Waals surface area contributed by atoms with Gasteiger partial charge in [-0.05, 0) is 45.9 Å². The first-order valence-corrected chi connectivity index (χ1v) is 18.0. The number of hydrogen-bond acceptors (Lipinski definition) is 7. The molecule has 3 N–H and O–H groups in total. The Labute approximate surface area is 300 Å². The zero-order chi connectivity index (χ0) is 35.6. The third kappa shape index (κ3) is 10.1. The van der Waals surface area contributed by atoms with E-state index in [9.17, 15) is 14.7 Å². The second-order valence-electron chi connectivity index (χ2n) is 13.7. The van der Waals surface area contributed by atoms with Gasteiger partial charge in [0, 0.05) is 70.1 Å². The molecular weight excluding hydrogens is 642 g/mol. The van der Waals surface area contributed by atoms with Gasteiger partial charge >= 0.3 is 5.97 Å². The third-order valence-electron chi connectivity index (χ3n) is 10.0. The van der Waals surface area contributed by atoms with Gasteiger partial charge in [0.25, 0.3) is 0 Å². The van der Waals surface area contributed by atoms with Crippen molar-refractivity contribution in [2.24, 2.45) is 5.92 Å². The molecule has 0 aromatic heterocycles. The minimum absolute atomic E-state index is 0.00442. The third-order valence-corrected chi connectivity index (χ3v) is 10.0. The minimum Gasteiger partial charge on any atom is -0.481 e. The fourth-order valence-corrected chi connectivity index (χ4v) is 6.94. The average molecular weight is 692 g/mol. The van der Waals surface area contributed by atoms with Crippen LogP contribution in [0.25, 0.3) is 11.1 Å². The summed E-state index contributed by atoms with van der Waals surface area (Å²) in [4.78, 5) is 27.9. The van der Waals surface area contributed by atoms with Gasteiger partial charge in [-0.3, -0.25) is 19.4 Å². The van der Waals surface area contributed by atoms with E-state index in [0.29, 0.717) is 13.0 Å². The van der Waals surface area contributed by atoms with Crippen LogP contribution >= 0.6 is 0 Å². The van der Waals surface area contributed by atoms with Gasteiger partial charge < -0.3 is 25.0 Å². The Balaban J connectivity index is 1.12. The predicted molar refractivity (Wildman–Crippen MR) is 196 cm³/mol. The first kappa shape index (κ1) is 36.4. The van der Waals surface area contributed by atoms with E-state index in [1.165, 1.54) is 5.56 Å². The van der Waals surface area contributed by atoms with Gasteiger partial charge in [0.2, 0.25) is 5.91 Å². The number of carboxylic acids is 1. The normalized spacial score (nSPS) is 21.3. The lowest BCUT2D eigenvalue weighted by atomic mass is 9.89. The molecule has 2 aliphatic rings. The Morgan fingerprint density at radius 1 is 0.745 bits per heavy atom. The summed E-state index contributed by atoms with van der Waals surface area (Å²) in [5.41, 5.74) is 7.29. The number of amides is 1. The quantitative estimate of drug-likeness (QED) is 0.141. The SMILES string of the molecule is C[C@H]1[C@@H](CN2CCN(Cc3ccccc3)CC2)O[C@@H](c2ccc(-c3cccc(CNC(=O)CCCC(=O)O)c3)cc2)O[C@H]1c1ccc(CO)cc1. The molecule has 0 radical (unpaired) electrons. The van der Waals surface area contributed by atoms with Crippen LogP contribution in [0.1, 0.15) is 66.4 Å². The standard InChI is InChI=1S/C42H49N3O6/c1-30-38(28-45-23-21-44(22-24-45)27-31-7-3-2-4-8-31)50-42(51-41(30)35-15-13-32(29-46)14-16-35)36-19-17-34(18-20-36)37-10-5-9-33(25-37)26-43-39(47)11-6-12-40(48)49/h2-5,7-10,13-20,25,30,38,41-42,46H,6,11-12,21-24,26-29H2,1H3,(H,43,47)(H,48,49)/t30-,38+,41+,42+/m0/s1. The lowest BCUT2D eigenvalue weighted by Gasteiger charge is -2.44. The second kappa shape index (κ2) is 17.7. The first-order chi connectivity index (χ1) is 24.8. The van der Waals surface area contributed by atoms with Crippen LogP contribution in [0.5, 0.6) is 0 Å². The molecule has 0 aliphatic carbocycles. The molecule has 2 aliphatic heterocycles. The molecule has 9 nitrogen and oxygen atoms in total. The molecule has 0 unspecified atom stereocenters. The zero-order valence-electron chi connectivity index (χ0n) is 29.3. The zero-order valence-corrected chi connectivity index (χ0v) is 29.3. The van der Waals surface area contributed by atoms with Gasteiger partial charge in [0.1, 0.15) is 0 Å². The summed E-state index contributed by atoms with van der Waals surface area (Å²) in [6.45, 7) is 8.41. The van der Waals surface area contributed by atoms with Crippen molar-refractivity contribution in [3.8, 4) is 11.1 Å². The Morgan fingerprint density at radius 3 is 2.14 bits per heavy atom. The predicted octanol–water partition coefficient (Wildman–Crippen LogP) is 6.33. The van der Waals surface area contributed by atoms with E-state index in [2.05, 4.69) is 94.8 Å². The number of nitrogens with zero attached hydrogens (tertiary/aromatic N) is 2. The lowest BCUT2D eigenvalue weighted by Crippen LogP contribution is -2.51. The van der Waals surface area contributed by atoms with Crippen molar-refractivity contribution < 1.29 is 29.3 Å². The number of piperazine rings is 1. The number of benzene rings is 4. The van der Waals surface area contributed by atoms with Gasteiger partial charge in [-0.2, -0.15) is 0 Å². The van der Waals surface area contributed by atoms with Crippen molar-refractivity contribution in [1.29, 1.82) is 0 Å². The molecule has 0 saturated carbocycles. The maximum Gasteiger partial charge on any atom is 0.303 e. The summed E-state index contributed by atoms with van der Waals surface area (Å²) in [5, 5.41) is 21.3. The molecule has 2 fully saturated rings. The topological polar surface area (TPSA) is 112 Å². The van der Waals surface area contributed by atoms with Crippen molar-refractivity contribution in [2.75, 3.05) is 32.7 Å². The number of ether oxygens (including phenoxy) is 2. The number of rotatable bonds is 14. The number of aliphatic carboxylic acids is 1. The molecule has 268 valence electrons. The fraction of sp³-hybridized carbons (Fsp3) is 0.381. The van der Waals surface area contributed by atoms with Crippen molar-refractivity contribution in [3.05, 3.63) is 131 Å². The molecule has 4 aromatic carbocycles. The van der Waals surface area contributed by atoms with E-state index in [1.807, 2.05) is 30.3 Å². The number of carboxylic acid groups (broad SMARTS) is 1. The number of aliphatic hydroxyl groups excluding tert-OH is 1. The highest BCUT2D eigenvalue weighted by Gasteiger charge is 2.39. The van der Waals surface area contributed by atoms with E-state index in [1.54, 1.807) is 0 Å². The Morgan fingerprint density at radius 2 is 1.43 bits per heavy atom. The fourth-order valence-electron chi connectivity index (χ4n) is 6.94. The average Bonchev–Trinajstić information content (AvgIpc) is 3.16. The Hall–Kier alpha value is -4.38. The van der Waals surface area contributed by atoms with Crippen molar-refractivity contribution in [1.82, 2.24) is 15.1 Å². The van der Waals surface area contributed by atoms with Crippen LogP contribution in [-0.4, -0.2) is 70.7 Å². The summed E-state index contributed by atoms with van der Waals surface area (Å²) in [6.07, 6.45) is -0.242. The molecule has 0 bridgehead atoms. The molecule has 1 amide bonds. The Kier molecular flexibility index (Phi) is 12.6. The van der Waals surface area contributed by atoms with Crippen LogP contribution in [0.4, 0.5) is 0 Å². The molecule has 51 heavy (non-hydrogen) atoms. The highest BCUT2D eigenvalue weighted by molar-refractivity contribution is 5.76.